The maximum Gasteiger partial charge on any atom is 0.217 e. The number of hydrogen-bond acceptors (Lipinski definition) is 4. The third kappa shape index (κ3) is 3.24. The summed E-state index contributed by atoms with van der Waals surface area (Å²) >= 11 is 6.04. The van der Waals surface area contributed by atoms with Crippen LogP contribution < -0.4 is 10.5 Å². The minimum absolute atomic E-state index is 0.292. The molecule has 0 amide bonds. The number of nitrogens with two attached hydrogens (primary N) is 1. The molecule has 0 saturated heterocycles. The number of anilines is 1. The summed E-state index contributed by atoms with van der Waals surface area (Å²) in [6, 6.07) is 8.56. The second-order valence-corrected chi connectivity index (χ2v) is 5.68. The lowest BCUT2D eigenvalue weighted by Crippen LogP contribution is -2.01. The highest BCUT2D eigenvalue weighted by Gasteiger charge is 2.13. The average molecular weight is 297 g/mol. The fourth-order valence-electron chi connectivity index (χ4n) is 1.64. The van der Waals surface area contributed by atoms with Crippen LogP contribution in [-0.4, -0.2) is 16.3 Å². The molecule has 0 aliphatic heterocycles. The monoisotopic (exact) mass is 296 g/mol. The molecule has 1 heterocycles. The topological polar surface area (TPSA) is 65.2 Å². The number of halogens is 1. The largest absolute Gasteiger partial charge is 0.481 e. The van der Waals surface area contributed by atoms with Gasteiger partial charge >= 0.3 is 0 Å². The molecule has 1 aromatic heterocycles. The van der Waals surface area contributed by atoms with Gasteiger partial charge in [-0.05, 0) is 24.3 Å². The molecule has 6 heteroatoms. The summed E-state index contributed by atoms with van der Waals surface area (Å²) < 4.78 is 17.4. The van der Waals surface area contributed by atoms with E-state index in [9.17, 15) is 4.21 Å². The van der Waals surface area contributed by atoms with E-state index in [4.69, 9.17) is 22.1 Å². The molecular formula is C13H13ClN2O2S. The van der Waals surface area contributed by atoms with Gasteiger partial charge in [-0.15, -0.1) is 0 Å². The molecule has 19 heavy (non-hydrogen) atoms. The number of nitrogens with zero attached hydrogens (tertiary/aromatic N) is 1. The molecular weight excluding hydrogens is 284 g/mol. The molecule has 0 aliphatic rings. The summed E-state index contributed by atoms with van der Waals surface area (Å²) in [4.78, 5) is 4.63. The second kappa shape index (κ2) is 6.04. The predicted molar refractivity (Wildman–Crippen MR) is 76.8 cm³/mol. The fraction of sp³-hybridized carbons (Fsp3) is 0.154. The molecule has 2 rings (SSSR count). The van der Waals surface area contributed by atoms with Gasteiger partial charge in [0.25, 0.3) is 0 Å². The van der Waals surface area contributed by atoms with E-state index in [0.717, 1.165) is 5.56 Å². The van der Waals surface area contributed by atoms with Crippen LogP contribution in [0.5, 0.6) is 5.88 Å². The second-order valence-electron chi connectivity index (χ2n) is 3.85. The number of benzene rings is 1. The van der Waals surface area contributed by atoms with Crippen LogP contribution in [0.25, 0.3) is 0 Å². The zero-order valence-electron chi connectivity index (χ0n) is 10.3. The van der Waals surface area contributed by atoms with E-state index in [2.05, 4.69) is 4.98 Å². The van der Waals surface area contributed by atoms with Crippen molar-refractivity contribution >= 4 is 28.1 Å². The van der Waals surface area contributed by atoms with Gasteiger partial charge in [0.1, 0.15) is 0 Å². The Morgan fingerprint density at radius 1 is 1.42 bits per heavy atom. The number of hydrogen-bond donors (Lipinski definition) is 1. The maximum atomic E-state index is 12.3. The molecule has 100 valence electrons. The van der Waals surface area contributed by atoms with Gasteiger partial charge in [-0.2, -0.15) is 0 Å². The van der Waals surface area contributed by atoms with Crippen molar-refractivity contribution in [1.29, 1.82) is 0 Å². The summed E-state index contributed by atoms with van der Waals surface area (Å²) in [6.07, 6.45) is 1.63. The zero-order valence-corrected chi connectivity index (χ0v) is 11.9. The Hall–Kier alpha value is -1.59. The van der Waals surface area contributed by atoms with E-state index in [0.29, 0.717) is 27.2 Å². The molecule has 0 fully saturated rings. The van der Waals surface area contributed by atoms with Crippen LogP contribution in [0.1, 0.15) is 5.56 Å². The number of aromatic nitrogens is 1. The number of nitrogen functional groups attached to an aromatic ring is 1. The average Bonchev–Trinajstić information content (AvgIpc) is 2.39. The van der Waals surface area contributed by atoms with Gasteiger partial charge < -0.3 is 10.5 Å². The minimum atomic E-state index is -1.27. The molecule has 0 saturated carbocycles. The van der Waals surface area contributed by atoms with Crippen molar-refractivity contribution in [3.63, 3.8) is 0 Å². The van der Waals surface area contributed by atoms with Gasteiger partial charge in [-0.1, -0.05) is 17.7 Å². The quantitative estimate of drug-likeness (QED) is 0.881. The number of pyridine rings is 1. The van der Waals surface area contributed by atoms with Gasteiger partial charge in [0.05, 0.1) is 33.6 Å². The Balaban J connectivity index is 2.26. The van der Waals surface area contributed by atoms with Crippen molar-refractivity contribution in [3.05, 3.63) is 47.1 Å². The van der Waals surface area contributed by atoms with E-state index in [1.54, 1.807) is 30.5 Å². The van der Waals surface area contributed by atoms with E-state index >= 15 is 0 Å². The smallest absolute Gasteiger partial charge is 0.217 e. The van der Waals surface area contributed by atoms with Gasteiger partial charge in [-0.3, -0.25) is 4.21 Å². The molecule has 0 spiro atoms. The van der Waals surface area contributed by atoms with E-state index in [1.807, 2.05) is 6.07 Å². The molecule has 4 nitrogen and oxygen atoms in total. The lowest BCUT2D eigenvalue weighted by Gasteiger charge is -2.08. The predicted octanol–water partition coefficient (Wildman–Crippen LogP) is 2.63. The number of ether oxygens (including phenoxy) is 1. The van der Waals surface area contributed by atoms with Crippen molar-refractivity contribution < 1.29 is 8.95 Å². The highest BCUT2D eigenvalue weighted by Crippen LogP contribution is 2.25. The highest BCUT2D eigenvalue weighted by atomic mass is 35.5. The van der Waals surface area contributed by atoms with Crippen LogP contribution in [0, 0.1) is 0 Å². The van der Waals surface area contributed by atoms with Crippen LogP contribution in [-0.2, 0) is 16.6 Å². The molecule has 1 unspecified atom stereocenters. The van der Waals surface area contributed by atoms with Gasteiger partial charge in [-0.25, -0.2) is 4.98 Å². The molecule has 1 atom stereocenters. The number of rotatable bonds is 4. The first kappa shape index (κ1) is 13.8. The normalized spacial score (nSPS) is 12.1. The first-order chi connectivity index (χ1) is 9.11. The molecule has 1 aromatic carbocycles. The SMILES string of the molecule is COc1ncccc1CS(=O)c1ccc(N)cc1Cl. The first-order valence-corrected chi connectivity index (χ1v) is 7.23. The van der Waals surface area contributed by atoms with E-state index < -0.39 is 10.8 Å². The standard InChI is InChI=1S/C13H13ClN2O2S/c1-18-13-9(3-2-6-16-13)8-19(17)12-5-4-10(15)7-11(12)14/h2-7H,8,15H2,1H3. The summed E-state index contributed by atoms with van der Waals surface area (Å²) in [6.45, 7) is 0. The summed E-state index contributed by atoms with van der Waals surface area (Å²) in [5, 5.41) is 0.404. The summed E-state index contributed by atoms with van der Waals surface area (Å²) in [5.74, 6) is 0.767. The van der Waals surface area contributed by atoms with Crippen LogP contribution in [0.3, 0.4) is 0 Å². The first-order valence-electron chi connectivity index (χ1n) is 5.53. The fourth-order valence-corrected chi connectivity index (χ4v) is 3.24. The van der Waals surface area contributed by atoms with Gasteiger partial charge in [0.2, 0.25) is 5.88 Å². The minimum Gasteiger partial charge on any atom is -0.481 e. The van der Waals surface area contributed by atoms with Crippen LogP contribution in [0.2, 0.25) is 5.02 Å². The molecule has 0 bridgehead atoms. The number of methoxy groups -OCH3 is 1. The van der Waals surface area contributed by atoms with Crippen molar-refractivity contribution in [2.45, 2.75) is 10.6 Å². The van der Waals surface area contributed by atoms with Gasteiger partial charge in [0.15, 0.2) is 0 Å². The lowest BCUT2D eigenvalue weighted by molar-refractivity contribution is 0.394. The van der Waals surface area contributed by atoms with Crippen LogP contribution in [0.15, 0.2) is 41.4 Å². The lowest BCUT2D eigenvalue weighted by atomic mass is 10.3. The third-order valence-corrected chi connectivity index (χ3v) is 4.38. The summed E-state index contributed by atoms with van der Waals surface area (Å²) in [7, 11) is 0.259. The van der Waals surface area contributed by atoms with E-state index in [-0.39, 0.29) is 0 Å². The molecule has 2 N–H and O–H groups in total. The summed E-state index contributed by atoms with van der Waals surface area (Å²) in [5.41, 5.74) is 6.93. The maximum absolute atomic E-state index is 12.3. The Morgan fingerprint density at radius 3 is 2.89 bits per heavy atom. The highest BCUT2D eigenvalue weighted by molar-refractivity contribution is 7.84. The van der Waals surface area contributed by atoms with Crippen LogP contribution in [0.4, 0.5) is 5.69 Å². The Bertz CT molecular complexity index is 619. The van der Waals surface area contributed by atoms with Crippen molar-refractivity contribution in [2.75, 3.05) is 12.8 Å². The Kier molecular flexibility index (Phi) is 4.39. The van der Waals surface area contributed by atoms with Crippen molar-refractivity contribution in [2.24, 2.45) is 0 Å². The van der Waals surface area contributed by atoms with Crippen molar-refractivity contribution in [3.8, 4) is 5.88 Å². The molecule has 2 aromatic rings. The van der Waals surface area contributed by atoms with Crippen LogP contribution >= 0.6 is 11.6 Å². The molecule has 0 radical (unpaired) electrons. The van der Waals surface area contributed by atoms with E-state index in [1.165, 1.54) is 7.11 Å². The van der Waals surface area contributed by atoms with Gasteiger partial charge in [0, 0.05) is 17.4 Å². The van der Waals surface area contributed by atoms with Crippen molar-refractivity contribution in [1.82, 2.24) is 4.98 Å². The Labute approximate surface area is 119 Å². The third-order valence-electron chi connectivity index (χ3n) is 2.53. The Morgan fingerprint density at radius 2 is 2.21 bits per heavy atom. The zero-order chi connectivity index (χ0) is 13.8. The molecule has 0 aliphatic carbocycles.